The molecule has 0 saturated heterocycles. The second kappa shape index (κ2) is 44.3. The van der Waals surface area contributed by atoms with Crippen LogP contribution in [0.25, 0.3) is 0 Å². The summed E-state index contributed by atoms with van der Waals surface area (Å²) in [6, 6.07) is 0. The van der Waals surface area contributed by atoms with Gasteiger partial charge in [0.1, 0.15) is 12.7 Å². The van der Waals surface area contributed by atoms with Crippen molar-refractivity contribution in [2.75, 3.05) is 26.4 Å². The van der Waals surface area contributed by atoms with E-state index in [0.717, 1.165) is 57.8 Å². The summed E-state index contributed by atoms with van der Waals surface area (Å²) in [5, 5.41) is 18.3. The van der Waals surface area contributed by atoms with Crippen LogP contribution in [-0.2, 0) is 32.7 Å². The van der Waals surface area contributed by atoms with Gasteiger partial charge in [0, 0.05) is 12.8 Å². The molecule has 0 saturated carbocycles. The van der Waals surface area contributed by atoms with Crippen LogP contribution in [0.3, 0.4) is 0 Å². The number of phosphoric acid groups is 1. The van der Waals surface area contributed by atoms with Crippen LogP contribution in [0.4, 0.5) is 0 Å². The Morgan fingerprint density at radius 3 is 1.39 bits per heavy atom. The molecule has 0 aromatic rings. The standard InChI is InChI=1S/C48H89O10P/c1-3-5-7-9-11-13-15-17-18-19-20-21-22-23-24-25-26-28-29-31-33-35-37-39-47(51)55-43-46(44-57-59(53,54)56-42-45(50)41-49)58-48(52)40-38-36-34-32-30-27-16-14-12-10-8-6-4-2/h6,8,10,12,14,16,45-46,49-50H,3-5,7,9,11,13,15,17-44H2,1-2H3,(H,53,54)/b8-6+,12-10+,16-14+/t45-,46?/m1/s1. The van der Waals surface area contributed by atoms with E-state index in [0.29, 0.717) is 12.8 Å². The zero-order valence-corrected chi connectivity index (χ0v) is 38.6. The molecular weight excluding hydrogens is 767 g/mol. The number of aliphatic hydroxyl groups is 2. The molecule has 0 bridgehead atoms. The molecule has 0 aliphatic heterocycles. The van der Waals surface area contributed by atoms with E-state index < -0.39 is 51.8 Å². The lowest BCUT2D eigenvalue weighted by atomic mass is 10.0. The smallest absolute Gasteiger partial charge is 0.462 e. The first-order valence-corrected chi connectivity index (χ1v) is 25.5. The van der Waals surface area contributed by atoms with Gasteiger partial charge in [-0.05, 0) is 32.1 Å². The Labute approximate surface area is 361 Å². The highest BCUT2D eigenvalue weighted by atomic mass is 31.2. The Bertz CT molecular complexity index is 1080. The van der Waals surface area contributed by atoms with Gasteiger partial charge >= 0.3 is 19.8 Å². The Balaban J connectivity index is 4.12. The first kappa shape index (κ1) is 57.2. The summed E-state index contributed by atoms with van der Waals surface area (Å²) in [5.41, 5.74) is 0. The third-order valence-corrected chi connectivity index (χ3v) is 11.3. The van der Waals surface area contributed by atoms with Gasteiger partial charge in [0.05, 0.1) is 19.8 Å². The lowest BCUT2D eigenvalue weighted by molar-refractivity contribution is -0.161. The second-order valence-electron chi connectivity index (χ2n) is 16.2. The summed E-state index contributed by atoms with van der Waals surface area (Å²) in [5.74, 6) is -0.941. The number of esters is 2. The maximum atomic E-state index is 12.6. The molecule has 0 heterocycles. The lowest BCUT2D eigenvalue weighted by Crippen LogP contribution is -2.29. The van der Waals surface area contributed by atoms with Gasteiger partial charge in [-0.15, -0.1) is 0 Å². The van der Waals surface area contributed by atoms with Gasteiger partial charge in [-0.2, -0.15) is 0 Å². The number of ether oxygens (including phenoxy) is 2. The van der Waals surface area contributed by atoms with E-state index >= 15 is 0 Å². The SMILES string of the molecule is CC/C=C/C=C/C=C/CCCCCCCC(=O)OC(COC(=O)CCCCCCCCCCCCCCCCCCCCCCCCC)COP(=O)(O)OC[C@H](O)CO. The lowest BCUT2D eigenvalue weighted by Gasteiger charge is -2.20. The average Bonchev–Trinajstić information content (AvgIpc) is 3.22. The Morgan fingerprint density at radius 2 is 0.932 bits per heavy atom. The number of unbranched alkanes of at least 4 members (excludes halogenated alkanes) is 27. The third-order valence-electron chi connectivity index (χ3n) is 10.4. The predicted molar refractivity (Wildman–Crippen MR) is 242 cm³/mol. The Kier molecular flexibility index (Phi) is 42.9. The van der Waals surface area contributed by atoms with E-state index in [9.17, 15) is 24.2 Å². The van der Waals surface area contributed by atoms with Crippen LogP contribution < -0.4 is 0 Å². The summed E-state index contributed by atoms with van der Waals surface area (Å²) in [6.45, 7) is 2.25. The van der Waals surface area contributed by atoms with Crippen LogP contribution in [-0.4, -0.2) is 65.7 Å². The summed E-state index contributed by atoms with van der Waals surface area (Å²) in [4.78, 5) is 35.0. The molecular formula is C48H89O10P. The number of carbonyl (C=O) groups is 2. The van der Waals surface area contributed by atoms with Gasteiger partial charge in [0.25, 0.3) is 0 Å². The molecule has 0 aliphatic carbocycles. The maximum absolute atomic E-state index is 12.6. The number of carbonyl (C=O) groups excluding carboxylic acids is 2. The van der Waals surface area contributed by atoms with Crippen LogP contribution in [0.1, 0.15) is 219 Å². The molecule has 0 aromatic carbocycles. The summed E-state index contributed by atoms with van der Waals surface area (Å²) in [6.07, 6.45) is 47.0. The van der Waals surface area contributed by atoms with Gasteiger partial charge in [-0.25, -0.2) is 4.57 Å². The molecule has 346 valence electrons. The molecule has 3 N–H and O–H groups in total. The van der Waals surface area contributed by atoms with Crippen molar-refractivity contribution in [1.29, 1.82) is 0 Å². The molecule has 2 unspecified atom stereocenters. The van der Waals surface area contributed by atoms with Crippen molar-refractivity contribution in [2.45, 2.75) is 232 Å². The highest BCUT2D eigenvalue weighted by molar-refractivity contribution is 7.47. The molecule has 3 atom stereocenters. The van der Waals surface area contributed by atoms with Crippen LogP contribution >= 0.6 is 7.82 Å². The molecule has 0 amide bonds. The zero-order chi connectivity index (χ0) is 43.3. The van der Waals surface area contributed by atoms with Gasteiger partial charge in [-0.1, -0.05) is 211 Å². The molecule has 11 heteroatoms. The van der Waals surface area contributed by atoms with E-state index in [1.807, 2.05) is 18.2 Å². The number of phosphoric ester groups is 1. The van der Waals surface area contributed by atoms with Crippen molar-refractivity contribution in [3.63, 3.8) is 0 Å². The van der Waals surface area contributed by atoms with E-state index in [4.69, 9.17) is 23.6 Å². The quantitative estimate of drug-likeness (QED) is 0.0234. The minimum absolute atomic E-state index is 0.163. The molecule has 59 heavy (non-hydrogen) atoms. The van der Waals surface area contributed by atoms with Gasteiger partial charge in [-0.3, -0.25) is 18.6 Å². The Morgan fingerprint density at radius 1 is 0.525 bits per heavy atom. The van der Waals surface area contributed by atoms with Crippen molar-refractivity contribution < 1.29 is 47.8 Å². The van der Waals surface area contributed by atoms with E-state index in [2.05, 4.69) is 32.1 Å². The third kappa shape index (κ3) is 44.1. The van der Waals surface area contributed by atoms with Crippen LogP contribution in [0.2, 0.25) is 0 Å². The van der Waals surface area contributed by atoms with Crippen molar-refractivity contribution in [2.24, 2.45) is 0 Å². The minimum atomic E-state index is -4.62. The fourth-order valence-electron chi connectivity index (χ4n) is 6.70. The van der Waals surface area contributed by atoms with Crippen LogP contribution in [0.15, 0.2) is 36.5 Å². The number of allylic oxidation sites excluding steroid dienone is 6. The number of hydrogen-bond acceptors (Lipinski definition) is 9. The number of aliphatic hydroxyl groups excluding tert-OH is 2. The number of rotatable bonds is 45. The largest absolute Gasteiger partial charge is 0.472 e. The van der Waals surface area contributed by atoms with E-state index in [1.165, 1.54) is 122 Å². The molecule has 0 aliphatic rings. The van der Waals surface area contributed by atoms with Crippen LogP contribution in [0.5, 0.6) is 0 Å². The van der Waals surface area contributed by atoms with Gasteiger partial charge < -0.3 is 24.6 Å². The predicted octanol–water partition coefficient (Wildman–Crippen LogP) is 13.1. The fraction of sp³-hybridized carbons (Fsp3) is 0.833. The first-order valence-electron chi connectivity index (χ1n) is 24.0. The minimum Gasteiger partial charge on any atom is -0.462 e. The van der Waals surface area contributed by atoms with E-state index in [-0.39, 0.29) is 19.4 Å². The molecule has 0 spiro atoms. The van der Waals surface area contributed by atoms with Gasteiger partial charge in [0.2, 0.25) is 0 Å². The summed E-state index contributed by atoms with van der Waals surface area (Å²) >= 11 is 0. The van der Waals surface area contributed by atoms with Gasteiger partial charge in [0.15, 0.2) is 6.10 Å². The summed E-state index contributed by atoms with van der Waals surface area (Å²) < 4.78 is 32.7. The van der Waals surface area contributed by atoms with Crippen molar-refractivity contribution >= 4 is 19.8 Å². The number of hydrogen-bond donors (Lipinski definition) is 3. The molecule has 0 rings (SSSR count). The molecule has 0 fully saturated rings. The molecule has 0 aromatic heterocycles. The first-order chi connectivity index (χ1) is 28.7. The average molecular weight is 857 g/mol. The molecule has 0 radical (unpaired) electrons. The van der Waals surface area contributed by atoms with E-state index in [1.54, 1.807) is 0 Å². The second-order valence-corrected chi connectivity index (χ2v) is 17.6. The fourth-order valence-corrected chi connectivity index (χ4v) is 7.49. The maximum Gasteiger partial charge on any atom is 0.472 e. The Hall–Kier alpha value is -1.81. The zero-order valence-electron chi connectivity index (χ0n) is 37.7. The van der Waals surface area contributed by atoms with Crippen molar-refractivity contribution in [3.05, 3.63) is 36.5 Å². The van der Waals surface area contributed by atoms with Crippen LogP contribution in [0, 0.1) is 0 Å². The normalized spacial score (nSPS) is 14.1. The molecule has 10 nitrogen and oxygen atoms in total. The highest BCUT2D eigenvalue weighted by Crippen LogP contribution is 2.43. The van der Waals surface area contributed by atoms with Crippen molar-refractivity contribution in [3.8, 4) is 0 Å². The highest BCUT2D eigenvalue weighted by Gasteiger charge is 2.27. The monoisotopic (exact) mass is 857 g/mol. The summed E-state index contributed by atoms with van der Waals surface area (Å²) in [7, 11) is -4.62. The topological polar surface area (TPSA) is 149 Å². The van der Waals surface area contributed by atoms with Crippen molar-refractivity contribution in [1.82, 2.24) is 0 Å².